The van der Waals surface area contributed by atoms with E-state index < -0.39 is 5.97 Å². The van der Waals surface area contributed by atoms with E-state index in [2.05, 4.69) is 17.5 Å². The molecular weight excluding hydrogens is 330 g/mol. The summed E-state index contributed by atoms with van der Waals surface area (Å²) in [6.45, 7) is 0. The number of hydrogen-bond donors (Lipinski definition) is 1. The Hall–Kier alpha value is -3.08. The number of benzene rings is 2. The van der Waals surface area contributed by atoms with Crippen LogP contribution in [0.4, 0.5) is 5.69 Å². The second kappa shape index (κ2) is 6.33. The van der Waals surface area contributed by atoms with Crippen molar-refractivity contribution in [1.82, 2.24) is 0 Å². The number of carbonyl (C=O) groups excluding carboxylic acids is 2. The first-order valence-corrected chi connectivity index (χ1v) is 8.55. The molecule has 3 atom stereocenters. The molecule has 2 aromatic carbocycles. The van der Waals surface area contributed by atoms with E-state index in [1.54, 1.807) is 30.3 Å². The maximum atomic E-state index is 11.6. The van der Waals surface area contributed by atoms with Crippen LogP contribution in [0.1, 0.15) is 50.2 Å². The molecule has 0 fully saturated rings. The summed E-state index contributed by atoms with van der Waals surface area (Å²) in [7, 11) is 1.37. The van der Waals surface area contributed by atoms with Gasteiger partial charge in [-0.15, -0.1) is 0 Å². The molecule has 2 aliphatic rings. The molecule has 5 nitrogen and oxygen atoms in total. The Morgan fingerprint density at radius 3 is 2.54 bits per heavy atom. The van der Waals surface area contributed by atoms with Gasteiger partial charge in [0, 0.05) is 11.6 Å². The van der Waals surface area contributed by atoms with Crippen molar-refractivity contribution in [3.63, 3.8) is 0 Å². The summed E-state index contributed by atoms with van der Waals surface area (Å²) in [6, 6.07) is 12.6. The number of nitrogens with one attached hydrogen (secondary N) is 1. The molecule has 1 N–H and O–H groups in total. The smallest absolute Gasteiger partial charge is 0.337 e. The van der Waals surface area contributed by atoms with Crippen LogP contribution in [0.25, 0.3) is 0 Å². The lowest BCUT2D eigenvalue weighted by Crippen LogP contribution is -2.30. The van der Waals surface area contributed by atoms with E-state index in [1.807, 2.05) is 12.1 Å². The Bertz CT molecular complexity index is 901. The average Bonchev–Trinajstić information content (AvgIpc) is 3.16. The highest BCUT2D eigenvalue weighted by Gasteiger charge is 2.37. The van der Waals surface area contributed by atoms with Crippen LogP contribution in [0.5, 0.6) is 0 Å². The van der Waals surface area contributed by atoms with Gasteiger partial charge in [0.1, 0.15) is 0 Å². The van der Waals surface area contributed by atoms with E-state index >= 15 is 0 Å². The minimum atomic E-state index is -1.16. The van der Waals surface area contributed by atoms with Gasteiger partial charge in [-0.3, -0.25) is 0 Å². The van der Waals surface area contributed by atoms with Crippen LogP contribution in [0.3, 0.4) is 0 Å². The molecule has 0 unspecified atom stereocenters. The number of esters is 1. The van der Waals surface area contributed by atoms with E-state index in [0.717, 1.165) is 23.2 Å². The highest BCUT2D eigenvalue weighted by molar-refractivity contribution is 5.89. The number of anilines is 1. The molecular formula is C21H18NO4-. The molecule has 0 amide bonds. The zero-order chi connectivity index (χ0) is 18.3. The number of methoxy groups -OCH3 is 1. The molecule has 0 saturated carbocycles. The van der Waals surface area contributed by atoms with Crippen molar-refractivity contribution in [2.45, 2.75) is 18.4 Å². The van der Waals surface area contributed by atoms with Crippen molar-refractivity contribution in [1.29, 1.82) is 0 Å². The Kier molecular flexibility index (Phi) is 3.99. The molecule has 132 valence electrons. The number of carboxylic acid groups (broad SMARTS) is 1. The van der Waals surface area contributed by atoms with Gasteiger partial charge >= 0.3 is 5.97 Å². The van der Waals surface area contributed by atoms with Gasteiger partial charge in [0.05, 0.1) is 24.7 Å². The Morgan fingerprint density at radius 1 is 1.12 bits per heavy atom. The molecule has 0 aromatic heterocycles. The standard InChI is InChI=1S/C21H19NO4/c1-26-21(25)13-7-5-12(6-8-13)19-16-4-2-3-15(16)17-11-14(20(23)24)9-10-18(17)22-19/h2-3,5-11,15-16,19,22H,4H2,1H3,(H,23,24)/p-1/t15-,16-,19-/m0/s1. The van der Waals surface area contributed by atoms with Crippen LogP contribution in [0.15, 0.2) is 54.6 Å². The van der Waals surface area contributed by atoms with Gasteiger partial charge in [-0.05, 0) is 53.3 Å². The van der Waals surface area contributed by atoms with Crippen LogP contribution in [0, 0.1) is 5.92 Å². The van der Waals surface area contributed by atoms with Gasteiger partial charge in [0.2, 0.25) is 0 Å². The first-order chi connectivity index (χ1) is 12.6. The Labute approximate surface area is 151 Å². The zero-order valence-electron chi connectivity index (χ0n) is 14.3. The highest BCUT2D eigenvalue weighted by atomic mass is 16.5. The third-order valence-electron chi connectivity index (χ3n) is 5.29. The van der Waals surface area contributed by atoms with Crippen molar-refractivity contribution in [3.8, 4) is 0 Å². The van der Waals surface area contributed by atoms with Crippen LogP contribution in [-0.2, 0) is 4.74 Å². The lowest BCUT2D eigenvalue weighted by atomic mass is 9.76. The predicted molar refractivity (Wildman–Crippen MR) is 94.9 cm³/mol. The molecule has 0 spiro atoms. The number of ether oxygens (including phenoxy) is 1. The minimum absolute atomic E-state index is 0.0861. The molecule has 26 heavy (non-hydrogen) atoms. The summed E-state index contributed by atoms with van der Waals surface area (Å²) < 4.78 is 4.75. The summed E-state index contributed by atoms with van der Waals surface area (Å²) in [6.07, 6.45) is 5.21. The van der Waals surface area contributed by atoms with E-state index in [-0.39, 0.29) is 23.5 Å². The third kappa shape index (κ3) is 2.65. The largest absolute Gasteiger partial charge is 0.545 e. The number of fused-ring (bicyclic) bond motifs is 3. The molecule has 1 aliphatic heterocycles. The Morgan fingerprint density at radius 2 is 1.85 bits per heavy atom. The molecule has 0 bridgehead atoms. The minimum Gasteiger partial charge on any atom is -0.545 e. The molecule has 5 heteroatoms. The predicted octanol–water partition coefficient (Wildman–Crippen LogP) is 2.66. The van der Waals surface area contributed by atoms with Gasteiger partial charge < -0.3 is 20.0 Å². The first kappa shape index (κ1) is 16.4. The average molecular weight is 348 g/mol. The summed E-state index contributed by atoms with van der Waals surface area (Å²) >= 11 is 0. The van der Waals surface area contributed by atoms with E-state index in [4.69, 9.17) is 4.74 Å². The summed E-state index contributed by atoms with van der Waals surface area (Å²) in [5.41, 5.74) is 3.74. The Balaban J connectivity index is 1.69. The van der Waals surface area contributed by atoms with Crippen molar-refractivity contribution in [2.75, 3.05) is 12.4 Å². The molecule has 2 aromatic rings. The lowest BCUT2D eigenvalue weighted by molar-refractivity contribution is -0.255. The van der Waals surface area contributed by atoms with Gasteiger partial charge in [0.15, 0.2) is 0 Å². The number of aromatic carboxylic acids is 1. The van der Waals surface area contributed by atoms with Crippen LogP contribution in [0.2, 0.25) is 0 Å². The monoisotopic (exact) mass is 348 g/mol. The first-order valence-electron chi connectivity index (χ1n) is 8.55. The fourth-order valence-corrected chi connectivity index (χ4v) is 4.00. The lowest BCUT2D eigenvalue weighted by Gasteiger charge is -2.38. The zero-order valence-corrected chi connectivity index (χ0v) is 14.3. The highest BCUT2D eigenvalue weighted by Crippen LogP contribution is 2.49. The van der Waals surface area contributed by atoms with Crippen molar-refractivity contribution >= 4 is 17.6 Å². The molecule has 0 saturated heterocycles. The molecule has 0 radical (unpaired) electrons. The molecule has 1 heterocycles. The summed E-state index contributed by atoms with van der Waals surface area (Å²) in [5.74, 6) is -1.06. The van der Waals surface area contributed by atoms with E-state index in [1.165, 1.54) is 7.11 Å². The summed E-state index contributed by atoms with van der Waals surface area (Å²) in [4.78, 5) is 22.8. The van der Waals surface area contributed by atoms with Gasteiger partial charge in [-0.25, -0.2) is 4.79 Å². The maximum absolute atomic E-state index is 11.6. The number of carbonyl (C=O) groups is 2. The topological polar surface area (TPSA) is 78.5 Å². The number of carboxylic acids is 1. The van der Waals surface area contributed by atoms with Crippen LogP contribution >= 0.6 is 0 Å². The van der Waals surface area contributed by atoms with E-state index in [0.29, 0.717) is 11.5 Å². The van der Waals surface area contributed by atoms with Gasteiger partial charge in [-0.1, -0.05) is 30.4 Å². The third-order valence-corrected chi connectivity index (χ3v) is 5.29. The number of rotatable bonds is 3. The second-order valence-electron chi connectivity index (χ2n) is 6.68. The fraction of sp³-hybridized carbons (Fsp3) is 0.238. The normalized spacial score (nSPS) is 22.9. The SMILES string of the molecule is COC(=O)c1ccc([C@@H]2Nc3ccc(C(=O)[O-])cc3[C@H]3C=CC[C@@H]32)cc1. The maximum Gasteiger partial charge on any atom is 0.337 e. The van der Waals surface area contributed by atoms with Crippen molar-refractivity contribution < 1.29 is 19.4 Å². The molecule has 1 aliphatic carbocycles. The number of hydrogen-bond acceptors (Lipinski definition) is 5. The van der Waals surface area contributed by atoms with Crippen LogP contribution < -0.4 is 10.4 Å². The quantitative estimate of drug-likeness (QED) is 0.681. The van der Waals surface area contributed by atoms with Gasteiger partial charge in [0.25, 0.3) is 0 Å². The fourth-order valence-electron chi connectivity index (χ4n) is 4.00. The molecule has 4 rings (SSSR count). The van der Waals surface area contributed by atoms with Gasteiger partial charge in [-0.2, -0.15) is 0 Å². The van der Waals surface area contributed by atoms with Crippen molar-refractivity contribution in [2.24, 2.45) is 5.92 Å². The second-order valence-corrected chi connectivity index (χ2v) is 6.68. The van der Waals surface area contributed by atoms with Crippen molar-refractivity contribution in [3.05, 3.63) is 76.9 Å². The summed E-state index contributed by atoms with van der Waals surface area (Å²) in [5, 5.41) is 14.7. The van der Waals surface area contributed by atoms with E-state index in [9.17, 15) is 14.7 Å². The van der Waals surface area contributed by atoms with Crippen LogP contribution in [-0.4, -0.2) is 19.0 Å². The number of allylic oxidation sites excluding steroid dienone is 2.